The Morgan fingerprint density at radius 1 is 1.07 bits per heavy atom. The van der Waals surface area contributed by atoms with Crippen LogP contribution < -0.4 is 19.7 Å². The Morgan fingerprint density at radius 2 is 1.85 bits per heavy atom. The lowest BCUT2D eigenvalue weighted by Crippen LogP contribution is -2.35. The highest BCUT2D eigenvalue weighted by molar-refractivity contribution is 5.76. The predicted molar refractivity (Wildman–Crippen MR) is 110 cm³/mol. The van der Waals surface area contributed by atoms with Gasteiger partial charge >= 0.3 is 0 Å². The van der Waals surface area contributed by atoms with Crippen LogP contribution in [0.4, 0.5) is 5.69 Å². The van der Waals surface area contributed by atoms with Crippen molar-refractivity contribution in [3.05, 3.63) is 53.6 Å². The van der Waals surface area contributed by atoms with Crippen molar-refractivity contribution in [3.63, 3.8) is 0 Å². The first-order valence-corrected chi connectivity index (χ1v) is 9.36. The number of hydrogen-bond donors (Lipinski definition) is 1. The summed E-state index contributed by atoms with van der Waals surface area (Å²) in [5.74, 6) is 1.44. The van der Waals surface area contributed by atoms with E-state index in [0.29, 0.717) is 30.9 Å². The van der Waals surface area contributed by atoms with Crippen molar-refractivity contribution in [2.75, 3.05) is 38.8 Å². The first-order chi connectivity index (χ1) is 13.1. The van der Waals surface area contributed by atoms with E-state index < -0.39 is 0 Å². The van der Waals surface area contributed by atoms with Gasteiger partial charge in [0.25, 0.3) is 0 Å². The molecule has 0 aromatic heterocycles. The number of aryl methyl sites for hydroxylation is 2. The second-order valence-electron chi connectivity index (χ2n) is 6.46. The molecule has 0 aliphatic rings. The van der Waals surface area contributed by atoms with Gasteiger partial charge in [0.2, 0.25) is 5.91 Å². The van der Waals surface area contributed by atoms with Gasteiger partial charge in [0, 0.05) is 31.7 Å². The number of ether oxygens (including phenoxy) is 2. The Labute approximate surface area is 162 Å². The van der Waals surface area contributed by atoms with Gasteiger partial charge in [-0.25, -0.2) is 0 Å². The molecule has 2 rings (SSSR count). The Kier molecular flexibility index (Phi) is 7.99. The molecule has 0 unspecified atom stereocenters. The Bertz CT molecular complexity index is 746. The summed E-state index contributed by atoms with van der Waals surface area (Å²) in [6.07, 6.45) is 1.12. The van der Waals surface area contributed by atoms with Crippen molar-refractivity contribution in [2.24, 2.45) is 0 Å². The molecular weight excluding hydrogens is 340 g/mol. The van der Waals surface area contributed by atoms with Crippen LogP contribution in [0, 0.1) is 6.92 Å². The first kappa shape index (κ1) is 20.6. The predicted octanol–water partition coefficient (Wildman–Crippen LogP) is 3.59. The summed E-state index contributed by atoms with van der Waals surface area (Å²) >= 11 is 0. The van der Waals surface area contributed by atoms with E-state index in [2.05, 4.69) is 48.3 Å². The minimum Gasteiger partial charge on any atom is -0.493 e. The molecule has 0 spiro atoms. The van der Waals surface area contributed by atoms with Crippen LogP contribution in [0.3, 0.4) is 0 Å². The number of nitrogens with zero attached hydrogens (tertiary/aromatic N) is 1. The van der Waals surface area contributed by atoms with Gasteiger partial charge in [-0.3, -0.25) is 4.79 Å². The molecule has 146 valence electrons. The van der Waals surface area contributed by atoms with Crippen molar-refractivity contribution < 1.29 is 14.3 Å². The summed E-state index contributed by atoms with van der Waals surface area (Å²) in [6.45, 7) is 6.55. The minimum absolute atomic E-state index is 0.0603. The molecule has 5 heteroatoms. The molecule has 2 aromatic carbocycles. The van der Waals surface area contributed by atoms with Gasteiger partial charge in [0.1, 0.15) is 0 Å². The van der Waals surface area contributed by atoms with Crippen LogP contribution in [0.25, 0.3) is 0 Å². The third-order valence-corrected chi connectivity index (χ3v) is 4.54. The van der Waals surface area contributed by atoms with Crippen LogP contribution >= 0.6 is 0 Å². The zero-order valence-electron chi connectivity index (χ0n) is 16.7. The lowest BCUT2D eigenvalue weighted by molar-refractivity contribution is -0.120. The molecule has 27 heavy (non-hydrogen) atoms. The summed E-state index contributed by atoms with van der Waals surface area (Å²) in [7, 11) is 3.23. The molecule has 1 N–H and O–H groups in total. The second-order valence-corrected chi connectivity index (χ2v) is 6.46. The van der Waals surface area contributed by atoms with Crippen molar-refractivity contribution in [2.45, 2.75) is 26.7 Å². The molecule has 2 aromatic rings. The normalized spacial score (nSPS) is 10.4. The maximum atomic E-state index is 12.2. The van der Waals surface area contributed by atoms with E-state index in [0.717, 1.165) is 18.7 Å². The quantitative estimate of drug-likeness (QED) is 0.694. The van der Waals surface area contributed by atoms with Gasteiger partial charge in [-0.2, -0.15) is 0 Å². The fraction of sp³-hybridized carbons (Fsp3) is 0.409. The van der Waals surface area contributed by atoms with E-state index in [-0.39, 0.29) is 5.91 Å². The average Bonchev–Trinajstić information content (AvgIpc) is 2.69. The van der Waals surface area contributed by atoms with Gasteiger partial charge in [0.15, 0.2) is 11.5 Å². The third-order valence-electron chi connectivity index (χ3n) is 4.54. The summed E-state index contributed by atoms with van der Waals surface area (Å²) in [4.78, 5) is 14.4. The number of hydrogen-bond acceptors (Lipinski definition) is 4. The molecule has 0 bridgehead atoms. The topological polar surface area (TPSA) is 50.8 Å². The second kappa shape index (κ2) is 10.5. The lowest BCUT2D eigenvalue weighted by atomic mass is 10.1. The van der Waals surface area contributed by atoms with Crippen LogP contribution in [-0.4, -0.2) is 39.8 Å². The first-order valence-electron chi connectivity index (χ1n) is 9.36. The Hall–Kier alpha value is -2.69. The van der Waals surface area contributed by atoms with Crippen LogP contribution in [-0.2, 0) is 11.2 Å². The number of amides is 1. The molecule has 0 radical (unpaired) electrons. The van der Waals surface area contributed by atoms with Crippen LogP contribution in [0.15, 0.2) is 42.5 Å². The Balaban J connectivity index is 1.79. The van der Waals surface area contributed by atoms with E-state index in [1.807, 2.05) is 18.2 Å². The smallest absolute Gasteiger partial charge is 0.220 e. The van der Waals surface area contributed by atoms with E-state index in [1.54, 1.807) is 14.2 Å². The van der Waals surface area contributed by atoms with E-state index >= 15 is 0 Å². The number of carbonyl (C=O) groups excluding carboxylic acids is 1. The number of likely N-dealkylation sites (N-methyl/N-ethyl adjacent to an activating group) is 1. The number of nitrogens with one attached hydrogen (secondary N) is 1. The highest BCUT2D eigenvalue weighted by atomic mass is 16.5. The van der Waals surface area contributed by atoms with Crippen LogP contribution in [0.1, 0.15) is 24.5 Å². The van der Waals surface area contributed by atoms with Gasteiger partial charge in [-0.05, 0) is 55.7 Å². The fourth-order valence-corrected chi connectivity index (χ4v) is 3.01. The number of methoxy groups -OCH3 is 2. The number of carbonyl (C=O) groups is 1. The molecule has 0 heterocycles. The summed E-state index contributed by atoms with van der Waals surface area (Å²) < 4.78 is 10.5. The van der Waals surface area contributed by atoms with Crippen LogP contribution in [0.5, 0.6) is 11.5 Å². The number of anilines is 1. The Morgan fingerprint density at radius 3 is 2.52 bits per heavy atom. The van der Waals surface area contributed by atoms with Crippen molar-refractivity contribution in [1.29, 1.82) is 0 Å². The summed E-state index contributed by atoms with van der Waals surface area (Å²) in [5.41, 5.74) is 3.49. The molecule has 1 amide bonds. The standard InChI is InChI=1S/C22H30N2O3/c1-5-24(19-8-6-7-17(2)15-19)14-13-23-22(25)12-10-18-9-11-20(26-3)21(16-18)27-4/h6-9,11,15-16H,5,10,12-14H2,1-4H3,(H,23,25). The van der Waals surface area contributed by atoms with E-state index in [4.69, 9.17) is 9.47 Å². The van der Waals surface area contributed by atoms with Crippen LogP contribution in [0.2, 0.25) is 0 Å². The largest absolute Gasteiger partial charge is 0.493 e. The van der Waals surface area contributed by atoms with Gasteiger partial charge in [-0.1, -0.05) is 18.2 Å². The van der Waals surface area contributed by atoms with Crippen molar-refractivity contribution in [3.8, 4) is 11.5 Å². The molecule has 0 saturated heterocycles. The maximum absolute atomic E-state index is 12.2. The highest BCUT2D eigenvalue weighted by Crippen LogP contribution is 2.27. The number of benzene rings is 2. The van der Waals surface area contributed by atoms with Crippen molar-refractivity contribution >= 4 is 11.6 Å². The minimum atomic E-state index is 0.0603. The summed E-state index contributed by atoms with van der Waals surface area (Å²) in [5, 5.41) is 3.02. The zero-order valence-corrected chi connectivity index (χ0v) is 16.7. The molecule has 0 saturated carbocycles. The van der Waals surface area contributed by atoms with Gasteiger partial charge in [0.05, 0.1) is 14.2 Å². The molecule has 0 fully saturated rings. The van der Waals surface area contributed by atoms with Crippen molar-refractivity contribution in [1.82, 2.24) is 5.32 Å². The fourth-order valence-electron chi connectivity index (χ4n) is 3.01. The SMILES string of the molecule is CCN(CCNC(=O)CCc1ccc(OC)c(OC)c1)c1cccc(C)c1. The van der Waals surface area contributed by atoms with Gasteiger partial charge in [-0.15, -0.1) is 0 Å². The monoisotopic (exact) mass is 370 g/mol. The van der Waals surface area contributed by atoms with E-state index in [1.165, 1.54) is 11.3 Å². The van der Waals surface area contributed by atoms with E-state index in [9.17, 15) is 4.79 Å². The average molecular weight is 370 g/mol. The lowest BCUT2D eigenvalue weighted by Gasteiger charge is -2.23. The summed E-state index contributed by atoms with van der Waals surface area (Å²) in [6, 6.07) is 14.2. The molecule has 0 aliphatic heterocycles. The zero-order chi connectivity index (χ0) is 19.6. The maximum Gasteiger partial charge on any atom is 0.220 e. The highest BCUT2D eigenvalue weighted by Gasteiger charge is 2.08. The molecule has 5 nitrogen and oxygen atoms in total. The van der Waals surface area contributed by atoms with Gasteiger partial charge < -0.3 is 19.7 Å². The molecule has 0 aliphatic carbocycles. The molecule has 0 atom stereocenters. The number of rotatable bonds is 10. The third kappa shape index (κ3) is 6.20. The molecular formula is C22H30N2O3.